The summed E-state index contributed by atoms with van der Waals surface area (Å²) in [4.78, 5) is 23.0. The molecule has 0 saturated heterocycles. The van der Waals surface area contributed by atoms with Gasteiger partial charge < -0.3 is 4.52 Å². The van der Waals surface area contributed by atoms with E-state index in [1.807, 2.05) is 49.6 Å². The van der Waals surface area contributed by atoms with Gasteiger partial charge in [-0.05, 0) is 55.1 Å². The van der Waals surface area contributed by atoms with Gasteiger partial charge in [0, 0.05) is 15.5 Å². The molecule has 0 amide bonds. The highest BCUT2D eigenvalue weighted by Gasteiger charge is 2.15. The fraction of sp³-hybridized carbons (Fsp3) is 0.136. The molecule has 0 unspecified atom stereocenters. The van der Waals surface area contributed by atoms with Gasteiger partial charge in [-0.15, -0.1) is 11.8 Å². The van der Waals surface area contributed by atoms with Crippen molar-refractivity contribution in [3.05, 3.63) is 81.8 Å². The molecule has 0 radical (unpaired) electrons. The van der Waals surface area contributed by atoms with Gasteiger partial charge in [0.1, 0.15) is 18.3 Å². The zero-order chi connectivity index (χ0) is 22.2. The van der Waals surface area contributed by atoms with Gasteiger partial charge >= 0.3 is 0 Å². The molecule has 5 aromatic rings. The van der Waals surface area contributed by atoms with Gasteiger partial charge in [0.15, 0.2) is 5.65 Å². The van der Waals surface area contributed by atoms with Crippen LogP contribution in [0.15, 0.2) is 69.2 Å². The van der Waals surface area contributed by atoms with Crippen molar-refractivity contribution >= 4 is 34.4 Å². The van der Waals surface area contributed by atoms with Crippen LogP contribution in [0.3, 0.4) is 0 Å². The number of aryl methyl sites for hydroxylation is 1. The number of rotatable bonds is 5. The minimum Gasteiger partial charge on any atom is -0.337 e. The predicted molar refractivity (Wildman–Crippen MR) is 123 cm³/mol. The third kappa shape index (κ3) is 3.69. The van der Waals surface area contributed by atoms with Crippen molar-refractivity contribution in [2.24, 2.45) is 0 Å². The molecule has 5 rings (SSSR count). The van der Waals surface area contributed by atoms with Crippen molar-refractivity contribution in [1.29, 1.82) is 0 Å². The number of hydrogen-bond acceptors (Lipinski definition) is 7. The average molecular weight is 465 g/mol. The van der Waals surface area contributed by atoms with Crippen LogP contribution in [-0.4, -0.2) is 35.7 Å². The van der Waals surface area contributed by atoms with Crippen molar-refractivity contribution < 1.29 is 4.52 Å². The zero-order valence-electron chi connectivity index (χ0n) is 17.2. The molecule has 0 saturated carbocycles. The van der Waals surface area contributed by atoms with Crippen molar-refractivity contribution in [3.8, 4) is 17.1 Å². The third-order valence-corrected chi connectivity index (χ3v) is 6.23. The van der Waals surface area contributed by atoms with E-state index in [4.69, 9.17) is 16.1 Å². The molecule has 0 bridgehead atoms. The zero-order valence-corrected chi connectivity index (χ0v) is 18.8. The Bertz CT molecular complexity index is 1490. The third-order valence-electron chi connectivity index (χ3n) is 5.08. The summed E-state index contributed by atoms with van der Waals surface area (Å²) in [5, 5.41) is 9.37. The second-order valence-electron chi connectivity index (χ2n) is 7.14. The van der Waals surface area contributed by atoms with Gasteiger partial charge in [-0.2, -0.15) is 10.1 Å². The van der Waals surface area contributed by atoms with Gasteiger partial charge in [0.25, 0.3) is 5.56 Å². The van der Waals surface area contributed by atoms with E-state index in [9.17, 15) is 4.79 Å². The fourth-order valence-electron chi connectivity index (χ4n) is 3.29. The molecule has 0 N–H and O–H groups in total. The Balaban J connectivity index is 1.44. The summed E-state index contributed by atoms with van der Waals surface area (Å²) in [5.74, 6) is 0.786. The molecule has 3 aromatic heterocycles. The smallest absolute Gasteiger partial charge is 0.264 e. The van der Waals surface area contributed by atoms with Crippen LogP contribution in [0.1, 0.15) is 11.5 Å². The van der Waals surface area contributed by atoms with E-state index in [0.717, 1.165) is 21.7 Å². The second-order valence-corrected chi connectivity index (χ2v) is 8.43. The topological polar surface area (TPSA) is 91.6 Å². The Hall–Kier alpha value is -3.43. The fourth-order valence-corrected chi connectivity index (χ4v) is 3.87. The van der Waals surface area contributed by atoms with Crippen LogP contribution in [0.25, 0.3) is 28.1 Å². The standard InChI is InChI=1S/C22H17ClN6O2S/c1-13-3-6-15(9-18(13)23)29-21-17(10-25-29)22(30)28(12-24-21)11-19-26-20(27-31-19)14-4-7-16(32-2)8-5-14/h3-10,12H,11H2,1-2H3. The highest BCUT2D eigenvalue weighted by molar-refractivity contribution is 7.98. The number of thioether (sulfide) groups is 1. The van der Waals surface area contributed by atoms with Crippen LogP contribution in [-0.2, 0) is 6.54 Å². The SMILES string of the molecule is CSc1ccc(-c2noc(Cn3cnc4c(cnn4-c4ccc(C)c(Cl)c4)c3=O)n2)cc1. The predicted octanol–water partition coefficient (Wildman–Crippen LogP) is 4.36. The van der Waals surface area contributed by atoms with Gasteiger partial charge in [-0.25, -0.2) is 9.67 Å². The molecule has 160 valence electrons. The van der Waals surface area contributed by atoms with E-state index in [1.54, 1.807) is 22.5 Å². The second kappa shape index (κ2) is 8.25. The Labute approximate surface area is 191 Å². The highest BCUT2D eigenvalue weighted by Crippen LogP contribution is 2.22. The summed E-state index contributed by atoms with van der Waals surface area (Å²) in [5.41, 5.74) is 2.74. The average Bonchev–Trinajstić information content (AvgIpc) is 3.45. The normalized spacial score (nSPS) is 11.3. The lowest BCUT2D eigenvalue weighted by Gasteiger charge is -2.06. The molecule has 0 aliphatic carbocycles. The van der Waals surface area contributed by atoms with Crippen LogP contribution < -0.4 is 5.56 Å². The van der Waals surface area contributed by atoms with Crippen LogP contribution in [0.2, 0.25) is 5.02 Å². The van der Waals surface area contributed by atoms with E-state index < -0.39 is 0 Å². The Morgan fingerprint density at radius 2 is 1.97 bits per heavy atom. The van der Waals surface area contributed by atoms with Gasteiger partial charge in [0.2, 0.25) is 11.7 Å². The first-order chi connectivity index (χ1) is 15.5. The maximum absolute atomic E-state index is 13.0. The van der Waals surface area contributed by atoms with E-state index in [2.05, 4.69) is 20.2 Å². The Morgan fingerprint density at radius 1 is 1.16 bits per heavy atom. The molecule has 8 nitrogen and oxygen atoms in total. The number of hydrogen-bond donors (Lipinski definition) is 0. The molecule has 3 heterocycles. The lowest BCUT2D eigenvalue weighted by atomic mass is 10.2. The van der Waals surface area contributed by atoms with E-state index in [0.29, 0.717) is 27.8 Å². The Kier molecular flexibility index (Phi) is 5.28. The molecule has 0 aliphatic rings. The summed E-state index contributed by atoms with van der Waals surface area (Å²) in [6.07, 6.45) is 4.97. The van der Waals surface area contributed by atoms with Gasteiger partial charge in [-0.1, -0.05) is 22.8 Å². The van der Waals surface area contributed by atoms with Gasteiger partial charge in [-0.3, -0.25) is 9.36 Å². The summed E-state index contributed by atoms with van der Waals surface area (Å²) < 4.78 is 8.37. The van der Waals surface area contributed by atoms with Crippen LogP contribution >= 0.6 is 23.4 Å². The van der Waals surface area contributed by atoms with E-state index >= 15 is 0 Å². The number of aromatic nitrogens is 6. The number of benzene rings is 2. The summed E-state index contributed by atoms with van der Waals surface area (Å²) in [7, 11) is 0. The highest BCUT2D eigenvalue weighted by atomic mass is 35.5. The molecule has 0 spiro atoms. The van der Waals surface area contributed by atoms with E-state index in [1.165, 1.54) is 17.1 Å². The number of nitrogens with zero attached hydrogens (tertiary/aromatic N) is 6. The first kappa shape index (κ1) is 20.5. The quantitative estimate of drug-likeness (QED) is 0.357. The number of halogens is 1. The van der Waals surface area contributed by atoms with Crippen molar-refractivity contribution in [3.63, 3.8) is 0 Å². The molecule has 0 atom stereocenters. The lowest BCUT2D eigenvalue weighted by molar-refractivity contribution is 0.369. The van der Waals surface area contributed by atoms with Crippen molar-refractivity contribution in [1.82, 2.24) is 29.5 Å². The summed E-state index contributed by atoms with van der Waals surface area (Å²) >= 11 is 7.90. The van der Waals surface area contributed by atoms with Crippen LogP contribution in [0.4, 0.5) is 0 Å². The maximum atomic E-state index is 13.0. The molecule has 2 aromatic carbocycles. The minimum absolute atomic E-state index is 0.110. The molecular formula is C22H17ClN6O2S. The molecule has 10 heteroatoms. The monoisotopic (exact) mass is 464 g/mol. The molecule has 0 aliphatic heterocycles. The largest absolute Gasteiger partial charge is 0.337 e. The molecular weight excluding hydrogens is 448 g/mol. The van der Waals surface area contributed by atoms with Crippen molar-refractivity contribution in [2.75, 3.05) is 6.26 Å². The molecule has 32 heavy (non-hydrogen) atoms. The summed E-state index contributed by atoms with van der Waals surface area (Å²) in [6.45, 7) is 2.03. The molecule has 0 fully saturated rings. The summed E-state index contributed by atoms with van der Waals surface area (Å²) in [6, 6.07) is 13.4. The van der Waals surface area contributed by atoms with E-state index in [-0.39, 0.29) is 12.1 Å². The Morgan fingerprint density at radius 3 is 2.72 bits per heavy atom. The minimum atomic E-state index is -0.247. The number of fused-ring (bicyclic) bond motifs is 1. The van der Waals surface area contributed by atoms with Crippen LogP contribution in [0.5, 0.6) is 0 Å². The first-order valence-corrected chi connectivity index (χ1v) is 11.3. The first-order valence-electron chi connectivity index (χ1n) is 9.70. The van der Waals surface area contributed by atoms with Gasteiger partial charge in [0.05, 0.1) is 11.9 Å². The van der Waals surface area contributed by atoms with Crippen LogP contribution in [0, 0.1) is 6.92 Å². The lowest BCUT2D eigenvalue weighted by Crippen LogP contribution is -2.21. The maximum Gasteiger partial charge on any atom is 0.264 e. The van der Waals surface area contributed by atoms with Crippen molar-refractivity contribution in [2.45, 2.75) is 18.4 Å².